The number of fused-ring (bicyclic) bond motifs is 1. The summed E-state index contributed by atoms with van der Waals surface area (Å²) in [6, 6.07) is 4.49. The second-order valence-corrected chi connectivity index (χ2v) is 5.83. The van der Waals surface area contributed by atoms with E-state index in [1.165, 1.54) is 16.7 Å². The van der Waals surface area contributed by atoms with Crippen LogP contribution in [-0.2, 0) is 18.6 Å². The predicted molar refractivity (Wildman–Crippen MR) is 71.2 cm³/mol. The number of nitrogens with one attached hydrogen (secondary N) is 1. The molecule has 0 radical (unpaired) electrons. The third-order valence-corrected chi connectivity index (χ3v) is 3.75. The Hall–Kier alpha value is -0.860. The fourth-order valence-corrected chi connectivity index (χ4v) is 2.85. The van der Waals surface area contributed by atoms with E-state index in [0.29, 0.717) is 5.92 Å². The van der Waals surface area contributed by atoms with Gasteiger partial charge in [-0.3, -0.25) is 0 Å². The van der Waals surface area contributed by atoms with Gasteiger partial charge in [-0.2, -0.15) is 0 Å². The van der Waals surface area contributed by atoms with Gasteiger partial charge in [0, 0.05) is 5.54 Å². The first-order valence-electron chi connectivity index (χ1n) is 6.47. The molecular weight excluding hydrogens is 210 g/mol. The van der Waals surface area contributed by atoms with Crippen molar-refractivity contribution < 1.29 is 5.11 Å². The molecule has 1 aromatic rings. The van der Waals surface area contributed by atoms with E-state index in [2.05, 4.69) is 45.1 Å². The normalized spacial score (nSPS) is 18.2. The van der Waals surface area contributed by atoms with Crippen LogP contribution in [0.15, 0.2) is 12.1 Å². The lowest BCUT2D eigenvalue weighted by Crippen LogP contribution is -2.43. The number of rotatable bonds is 2. The molecule has 0 fully saturated rings. The predicted octanol–water partition coefficient (Wildman–Crippen LogP) is 2.68. The highest BCUT2D eigenvalue weighted by molar-refractivity contribution is 5.45. The van der Waals surface area contributed by atoms with Crippen LogP contribution in [0.1, 0.15) is 55.9 Å². The molecule has 0 aliphatic carbocycles. The Bertz CT molecular complexity index is 404. The van der Waals surface area contributed by atoms with Crippen molar-refractivity contribution in [3.63, 3.8) is 0 Å². The Kier molecular flexibility index (Phi) is 3.28. The van der Waals surface area contributed by atoms with Gasteiger partial charge >= 0.3 is 0 Å². The molecule has 1 aliphatic rings. The van der Waals surface area contributed by atoms with Gasteiger partial charge in [0.1, 0.15) is 0 Å². The highest BCUT2D eigenvalue weighted by atomic mass is 16.3. The summed E-state index contributed by atoms with van der Waals surface area (Å²) in [6.45, 7) is 9.95. The Morgan fingerprint density at radius 2 is 2.06 bits per heavy atom. The summed E-state index contributed by atoms with van der Waals surface area (Å²) in [5.41, 5.74) is 5.11. The molecule has 1 heterocycles. The Morgan fingerprint density at radius 3 is 2.65 bits per heavy atom. The fraction of sp³-hybridized carbons (Fsp3) is 0.600. The second kappa shape index (κ2) is 4.43. The maximum Gasteiger partial charge on any atom is 0.0685 e. The van der Waals surface area contributed by atoms with Crippen LogP contribution in [0.2, 0.25) is 0 Å². The Morgan fingerprint density at radius 1 is 1.35 bits per heavy atom. The molecule has 2 heteroatoms. The van der Waals surface area contributed by atoms with E-state index in [1.54, 1.807) is 0 Å². The van der Waals surface area contributed by atoms with Crippen molar-refractivity contribution in [1.29, 1.82) is 0 Å². The van der Waals surface area contributed by atoms with Crippen LogP contribution < -0.4 is 5.32 Å². The topological polar surface area (TPSA) is 32.3 Å². The summed E-state index contributed by atoms with van der Waals surface area (Å²) in [4.78, 5) is 0. The molecule has 0 saturated heterocycles. The van der Waals surface area contributed by atoms with Crippen molar-refractivity contribution in [3.05, 3.63) is 34.4 Å². The SMILES string of the molecule is CC(C)c1cc(CO)c2c(c1)CCNC2(C)C. The first-order valence-corrected chi connectivity index (χ1v) is 6.47. The highest BCUT2D eigenvalue weighted by Gasteiger charge is 2.29. The van der Waals surface area contributed by atoms with E-state index in [0.717, 1.165) is 18.5 Å². The third kappa shape index (κ3) is 2.24. The Labute approximate surface area is 104 Å². The molecule has 0 amide bonds. The van der Waals surface area contributed by atoms with Gasteiger partial charge in [0.15, 0.2) is 0 Å². The molecule has 0 saturated carbocycles. The third-order valence-electron chi connectivity index (χ3n) is 3.75. The minimum Gasteiger partial charge on any atom is -0.392 e. The molecule has 0 atom stereocenters. The zero-order valence-electron chi connectivity index (χ0n) is 11.3. The Balaban J connectivity index is 2.60. The zero-order chi connectivity index (χ0) is 12.6. The molecule has 2 N–H and O–H groups in total. The smallest absolute Gasteiger partial charge is 0.0685 e. The number of hydrogen-bond donors (Lipinski definition) is 2. The average Bonchev–Trinajstić information content (AvgIpc) is 2.26. The van der Waals surface area contributed by atoms with Crippen LogP contribution in [0.5, 0.6) is 0 Å². The van der Waals surface area contributed by atoms with E-state index in [1.807, 2.05) is 0 Å². The average molecular weight is 233 g/mol. The quantitative estimate of drug-likeness (QED) is 0.823. The molecule has 0 unspecified atom stereocenters. The summed E-state index contributed by atoms with van der Waals surface area (Å²) in [7, 11) is 0. The van der Waals surface area contributed by atoms with E-state index in [9.17, 15) is 5.11 Å². The van der Waals surface area contributed by atoms with Gasteiger partial charge in [-0.1, -0.05) is 26.0 Å². The minimum absolute atomic E-state index is 0.0266. The lowest BCUT2D eigenvalue weighted by molar-refractivity contribution is 0.273. The minimum atomic E-state index is -0.0266. The van der Waals surface area contributed by atoms with Crippen molar-refractivity contribution >= 4 is 0 Å². The van der Waals surface area contributed by atoms with Gasteiger partial charge in [-0.25, -0.2) is 0 Å². The second-order valence-electron chi connectivity index (χ2n) is 5.83. The van der Waals surface area contributed by atoms with Crippen LogP contribution in [0.25, 0.3) is 0 Å². The van der Waals surface area contributed by atoms with Gasteiger partial charge in [-0.15, -0.1) is 0 Å². The number of aliphatic hydroxyl groups is 1. The molecule has 0 bridgehead atoms. The fourth-order valence-electron chi connectivity index (χ4n) is 2.85. The van der Waals surface area contributed by atoms with Crippen molar-refractivity contribution in [3.8, 4) is 0 Å². The molecule has 2 rings (SSSR count). The summed E-state index contributed by atoms with van der Waals surface area (Å²) >= 11 is 0. The van der Waals surface area contributed by atoms with Crippen molar-refractivity contribution in [2.75, 3.05) is 6.54 Å². The molecule has 2 nitrogen and oxygen atoms in total. The van der Waals surface area contributed by atoms with Crippen molar-refractivity contribution in [2.24, 2.45) is 0 Å². The molecule has 94 valence electrons. The standard InChI is InChI=1S/C15H23NO/c1-10(2)12-7-11-5-6-16-15(3,4)14(11)13(8-12)9-17/h7-8,10,16-17H,5-6,9H2,1-4H3. The molecule has 0 aromatic heterocycles. The summed E-state index contributed by atoms with van der Waals surface area (Å²) < 4.78 is 0. The van der Waals surface area contributed by atoms with Gasteiger partial charge < -0.3 is 10.4 Å². The van der Waals surface area contributed by atoms with Gasteiger partial charge in [0.2, 0.25) is 0 Å². The lowest BCUT2D eigenvalue weighted by Gasteiger charge is -2.36. The number of benzene rings is 1. The van der Waals surface area contributed by atoms with Crippen LogP contribution in [0, 0.1) is 0 Å². The number of aliphatic hydroxyl groups excluding tert-OH is 1. The first kappa shape index (κ1) is 12.6. The van der Waals surface area contributed by atoms with Crippen molar-refractivity contribution in [1.82, 2.24) is 5.32 Å². The molecule has 17 heavy (non-hydrogen) atoms. The largest absolute Gasteiger partial charge is 0.392 e. The highest BCUT2D eigenvalue weighted by Crippen LogP contribution is 2.33. The monoisotopic (exact) mass is 233 g/mol. The van der Waals surface area contributed by atoms with Crippen LogP contribution >= 0.6 is 0 Å². The molecule has 1 aromatic carbocycles. The van der Waals surface area contributed by atoms with Crippen LogP contribution in [0.3, 0.4) is 0 Å². The number of hydrogen-bond acceptors (Lipinski definition) is 2. The van der Waals surface area contributed by atoms with E-state index in [4.69, 9.17) is 0 Å². The summed E-state index contributed by atoms with van der Waals surface area (Å²) in [5, 5.41) is 13.1. The lowest BCUT2D eigenvalue weighted by atomic mass is 9.80. The summed E-state index contributed by atoms with van der Waals surface area (Å²) in [6.07, 6.45) is 1.06. The molecular formula is C15H23NO. The zero-order valence-corrected chi connectivity index (χ0v) is 11.3. The molecule has 1 aliphatic heterocycles. The van der Waals surface area contributed by atoms with Crippen LogP contribution in [0.4, 0.5) is 0 Å². The van der Waals surface area contributed by atoms with Crippen LogP contribution in [-0.4, -0.2) is 11.7 Å². The van der Waals surface area contributed by atoms with E-state index >= 15 is 0 Å². The molecule has 0 spiro atoms. The van der Waals surface area contributed by atoms with Gasteiger partial charge in [0.25, 0.3) is 0 Å². The maximum atomic E-state index is 9.60. The van der Waals surface area contributed by atoms with Gasteiger partial charge in [-0.05, 0) is 55.0 Å². The first-order chi connectivity index (χ1) is 7.95. The summed E-state index contributed by atoms with van der Waals surface area (Å²) in [5.74, 6) is 0.517. The van der Waals surface area contributed by atoms with Crippen molar-refractivity contribution in [2.45, 2.75) is 52.2 Å². The van der Waals surface area contributed by atoms with Gasteiger partial charge in [0.05, 0.1) is 6.61 Å². The maximum absolute atomic E-state index is 9.60. The van der Waals surface area contributed by atoms with E-state index in [-0.39, 0.29) is 12.1 Å². The van der Waals surface area contributed by atoms with E-state index < -0.39 is 0 Å².